The van der Waals surface area contributed by atoms with Gasteiger partial charge in [0.25, 0.3) is 5.69 Å². The largest absolute Gasteiger partial charge is 0.369 e. The summed E-state index contributed by atoms with van der Waals surface area (Å²) in [5.74, 6) is 0. The fourth-order valence-corrected chi connectivity index (χ4v) is 3.38. The molecule has 6 heteroatoms. The number of nitriles is 1. The number of para-hydroxylation sites is 1. The van der Waals surface area contributed by atoms with Crippen LogP contribution in [0.25, 0.3) is 0 Å². The van der Waals surface area contributed by atoms with Gasteiger partial charge in [-0.1, -0.05) is 18.2 Å². The zero-order valence-electron chi connectivity index (χ0n) is 14.1. The molecule has 1 unspecified atom stereocenters. The number of benzene rings is 2. The minimum absolute atomic E-state index is 0.0154. The van der Waals surface area contributed by atoms with Gasteiger partial charge < -0.3 is 9.80 Å². The van der Waals surface area contributed by atoms with Crippen LogP contribution in [0.5, 0.6) is 0 Å². The molecule has 3 rings (SSSR count). The van der Waals surface area contributed by atoms with E-state index in [0.29, 0.717) is 11.3 Å². The average molecular weight is 336 g/mol. The van der Waals surface area contributed by atoms with Gasteiger partial charge >= 0.3 is 0 Å². The monoisotopic (exact) mass is 336 g/mol. The Hall–Kier alpha value is -3.07. The molecule has 0 radical (unpaired) electrons. The number of hydrogen-bond acceptors (Lipinski definition) is 5. The average Bonchev–Trinajstić information content (AvgIpc) is 2.67. The van der Waals surface area contributed by atoms with E-state index in [0.717, 1.165) is 25.9 Å². The minimum atomic E-state index is -0.412. The molecule has 0 saturated carbocycles. The third-order valence-electron chi connectivity index (χ3n) is 4.75. The fourth-order valence-electron chi connectivity index (χ4n) is 3.38. The highest BCUT2D eigenvalue weighted by molar-refractivity contribution is 5.66. The Kier molecular flexibility index (Phi) is 4.85. The number of anilines is 2. The van der Waals surface area contributed by atoms with Crippen LogP contribution in [0.15, 0.2) is 48.5 Å². The van der Waals surface area contributed by atoms with E-state index < -0.39 is 4.92 Å². The summed E-state index contributed by atoms with van der Waals surface area (Å²) in [4.78, 5) is 15.3. The Morgan fingerprint density at radius 1 is 1.28 bits per heavy atom. The standard InChI is InChI=1S/C19H20N4O2/c1-21(18-10-9-15(13-20)12-19(18)23(24)25)17-8-5-11-22(14-17)16-6-3-2-4-7-16/h2-4,6-7,9-10,12,17H,5,8,11,14H2,1H3. The fraction of sp³-hybridized carbons (Fsp3) is 0.316. The molecule has 1 heterocycles. The van der Waals surface area contributed by atoms with Gasteiger partial charge in [0, 0.05) is 37.9 Å². The molecule has 1 saturated heterocycles. The van der Waals surface area contributed by atoms with E-state index in [2.05, 4.69) is 17.0 Å². The Labute approximate surface area is 147 Å². The van der Waals surface area contributed by atoms with Crippen molar-refractivity contribution in [2.45, 2.75) is 18.9 Å². The zero-order valence-corrected chi connectivity index (χ0v) is 14.1. The second-order valence-corrected chi connectivity index (χ2v) is 6.26. The van der Waals surface area contributed by atoms with Crippen molar-refractivity contribution in [3.63, 3.8) is 0 Å². The number of nitro benzene ring substituents is 1. The summed E-state index contributed by atoms with van der Waals surface area (Å²) in [5.41, 5.74) is 2.02. The lowest BCUT2D eigenvalue weighted by atomic mass is 10.0. The van der Waals surface area contributed by atoms with Gasteiger partial charge in [0.15, 0.2) is 0 Å². The highest BCUT2D eigenvalue weighted by Gasteiger charge is 2.27. The molecule has 0 aliphatic carbocycles. The zero-order chi connectivity index (χ0) is 17.8. The van der Waals surface area contributed by atoms with Crippen LogP contribution < -0.4 is 9.80 Å². The SMILES string of the molecule is CN(c1ccc(C#N)cc1[N+](=O)[O-])C1CCCN(c2ccccc2)C1. The Balaban J connectivity index is 1.84. The van der Waals surface area contributed by atoms with E-state index in [9.17, 15) is 10.1 Å². The van der Waals surface area contributed by atoms with Crippen molar-refractivity contribution in [3.05, 3.63) is 64.2 Å². The molecule has 0 N–H and O–H groups in total. The van der Waals surface area contributed by atoms with Gasteiger partial charge in [-0.3, -0.25) is 10.1 Å². The van der Waals surface area contributed by atoms with Crippen molar-refractivity contribution < 1.29 is 4.92 Å². The molecule has 0 spiro atoms. The summed E-state index contributed by atoms with van der Waals surface area (Å²) < 4.78 is 0. The molecule has 25 heavy (non-hydrogen) atoms. The molecule has 0 amide bonds. The van der Waals surface area contributed by atoms with Gasteiger partial charge in [0.05, 0.1) is 16.6 Å². The first kappa shape index (κ1) is 16.8. The topological polar surface area (TPSA) is 73.4 Å². The molecular weight excluding hydrogens is 316 g/mol. The molecule has 2 aromatic rings. The molecule has 1 fully saturated rings. The van der Waals surface area contributed by atoms with Gasteiger partial charge in [-0.05, 0) is 37.1 Å². The van der Waals surface area contributed by atoms with Gasteiger partial charge in [-0.15, -0.1) is 0 Å². The van der Waals surface area contributed by atoms with Crippen molar-refractivity contribution in [2.24, 2.45) is 0 Å². The Morgan fingerprint density at radius 2 is 2.04 bits per heavy atom. The lowest BCUT2D eigenvalue weighted by Gasteiger charge is -2.39. The highest BCUT2D eigenvalue weighted by Crippen LogP contribution is 2.32. The maximum Gasteiger partial charge on any atom is 0.293 e. The van der Waals surface area contributed by atoms with E-state index in [1.54, 1.807) is 12.1 Å². The van der Waals surface area contributed by atoms with Crippen LogP contribution in [0.4, 0.5) is 17.1 Å². The molecule has 2 aromatic carbocycles. The van der Waals surface area contributed by atoms with E-state index in [1.807, 2.05) is 36.2 Å². The number of likely N-dealkylation sites (N-methyl/N-ethyl adjacent to an activating group) is 1. The number of nitrogens with zero attached hydrogens (tertiary/aromatic N) is 4. The molecule has 0 aromatic heterocycles. The lowest BCUT2D eigenvalue weighted by Crippen LogP contribution is -2.46. The third kappa shape index (κ3) is 3.56. The summed E-state index contributed by atoms with van der Waals surface area (Å²) in [7, 11) is 1.90. The normalized spacial score (nSPS) is 17.0. The minimum Gasteiger partial charge on any atom is -0.369 e. The molecule has 128 valence electrons. The summed E-state index contributed by atoms with van der Waals surface area (Å²) in [5, 5.41) is 20.4. The Morgan fingerprint density at radius 3 is 2.72 bits per heavy atom. The van der Waals surface area contributed by atoms with Crippen molar-refractivity contribution in [2.75, 3.05) is 29.9 Å². The predicted molar refractivity (Wildman–Crippen MR) is 97.9 cm³/mol. The van der Waals surface area contributed by atoms with Gasteiger partial charge in [0.1, 0.15) is 5.69 Å². The molecule has 1 aliphatic heterocycles. The van der Waals surface area contributed by atoms with Crippen LogP contribution in [0.2, 0.25) is 0 Å². The van der Waals surface area contributed by atoms with Crippen LogP contribution in [0.1, 0.15) is 18.4 Å². The van der Waals surface area contributed by atoms with E-state index in [-0.39, 0.29) is 11.7 Å². The summed E-state index contributed by atoms with van der Waals surface area (Å²) in [6.45, 7) is 1.81. The number of nitro groups is 1. The molecule has 1 atom stereocenters. The van der Waals surface area contributed by atoms with Crippen LogP contribution in [0.3, 0.4) is 0 Å². The van der Waals surface area contributed by atoms with Gasteiger partial charge in [-0.2, -0.15) is 5.26 Å². The van der Waals surface area contributed by atoms with Crippen molar-refractivity contribution >= 4 is 17.1 Å². The molecule has 0 bridgehead atoms. The predicted octanol–water partition coefficient (Wildman–Crippen LogP) is 3.57. The number of rotatable bonds is 4. The smallest absolute Gasteiger partial charge is 0.293 e. The summed E-state index contributed by atoms with van der Waals surface area (Å²) >= 11 is 0. The van der Waals surface area contributed by atoms with Crippen LogP contribution in [-0.2, 0) is 0 Å². The van der Waals surface area contributed by atoms with Crippen molar-refractivity contribution in [3.8, 4) is 6.07 Å². The quantitative estimate of drug-likeness (QED) is 0.630. The maximum absolute atomic E-state index is 11.4. The molecule has 6 nitrogen and oxygen atoms in total. The molecular formula is C19H20N4O2. The van der Waals surface area contributed by atoms with Crippen LogP contribution in [-0.4, -0.2) is 31.1 Å². The lowest BCUT2D eigenvalue weighted by molar-refractivity contribution is -0.384. The van der Waals surface area contributed by atoms with E-state index in [4.69, 9.17) is 5.26 Å². The Bertz CT molecular complexity index is 801. The summed E-state index contributed by atoms with van der Waals surface area (Å²) in [6.07, 6.45) is 2.02. The first-order valence-electron chi connectivity index (χ1n) is 8.31. The van der Waals surface area contributed by atoms with Gasteiger partial charge in [0.2, 0.25) is 0 Å². The van der Waals surface area contributed by atoms with E-state index in [1.165, 1.54) is 11.8 Å². The third-order valence-corrected chi connectivity index (χ3v) is 4.75. The van der Waals surface area contributed by atoms with Crippen molar-refractivity contribution in [1.29, 1.82) is 5.26 Å². The second kappa shape index (κ2) is 7.22. The van der Waals surface area contributed by atoms with Gasteiger partial charge in [-0.25, -0.2) is 0 Å². The maximum atomic E-state index is 11.4. The first-order valence-corrected chi connectivity index (χ1v) is 8.31. The number of piperidine rings is 1. The second-order valence-electron chi connectivity index (χ2n) is 6.26. The number of hydrogen-bond donors (Lipinski definition) is 0. The summed E-state index contributed by atoms with van der Waals surface area (Å²) in [6, 6.07) is 17.0. The highest BCUT2D eigenvalue weighted by atomic mass is 16.6. The first-order chi connectivity index (χ1) is 12.1. The molecule has 1 aliphatic rings. The van der Waals surface area contributed by atoms with Crippen molar-refractivity contribution in [1.82, 2.24) is 0 Å². The van der Waals surface area contributed by atoms with E-state index >= 15 is 0 Å². The van der Waals surface area contributed by atoms with Crippen LogP contribution in [0, 0.1) is 21.4 Å². The van der Waals surface area contributed by atoms with Crippen LogP contribution >= 0.6 is 0 Å².